The lowest BCUT2D eigenvalue weighted by atomic mass is 10.1. The number of carboxylic acids is 1. The molecule has 1 amide bonds. The van der Waals surface area contributed by atoms with Crippen LogP contribution in [0.4, 0.5) is 0 Å². The van der Waals surface area contributed by atoms with Gasteiger partial charge in [0, 0.05) is 12.1 Å². The molecule has 0 bridgehead atoms. The summed E-state index contributed by atoms with van der Waals surface area (Å²) in [5.74, 6) is -1.21. The molecule has 1 rings (SSSR count). The number of aliphatic carboxylic acids is 1. The van der Waals surface area contributed by atoms with Gasteiger partial charge in [-0.2, -0.15) is 0 Å². The summed E-state index contributed by atoms with van der Waals surface area (Å²) < 4.78 is 0. The second-order valence-electron chi connectivity index (χ2n) is 4.25. The Bertz CT molecular complexity index is 466. The van der Waals surface area contributed by atoms with Crippen LogP contribution in [0.2, 0.25) is 0 Å². The summed E-state index contributed by atoms with van der Waals surface area (Å²) in [6, 6.07) is 7.38. The molecule has 0 fully saturated rings. The predicted molar refractivity (Wildman–Crippen MR) is 70.1 cm³/mol. The molecule has 1 aromatic carbocycles. The van der Waals surface area contributed by atoms with Gasteiger partial charge in [-0.05, 0) is 25.5 Å². The predicted octanol–water partition coefficient (Wildman–Crippen LogP) is 1.99. The number of nitrogens with one attached hydrogen (secondary N) is 1. The van der Waals surface area contributed by atoms with Gasteiger partial charge in [-0.15, -0.1) is 0 Å². The molecule has 1 unspecified atom stereocenters. The van der Waals surface area contributed by atoms with Crippen LogP contribution in [0.1, 0.15) is 24.5 Å². The van der Waals surface area contributed by atoms with Crippen molar-refractivity contribution in [2.45, 2.75) is 26.3 Å². The number of benzene rings is 1. The Morgan fingerprint density at radius 3 is 2.78 bits per heavy atom. The van der Waals surface area contributed by atoms with E-state index in [9.17, 15) is 9.59 Å². The second kappa shape index (κ2) is 6.59. The zero-order valence-electron chi connectivity index (χ0n) is 10.5. The molecule has 4 heteroatoms. The number of carbonyl (C=O) groups is 2. The van der Waals surface area contributed by atoms with Crippen LogP contribution in [-0.2, 0) is 9.59 Å². The molecule has 18 heavy (non-hydrogen) atoms. The molecule has 1 atom stereocenters. The first-order valence-corrected chi connectivity index (χ1v) is 5.74. The topological polar surface area (TPSA) is 66.4 Å². The van der Waals surface area contributed by atoms with E-state index in [4.69, 9.17) is 5.11 Å². The summed E-state index contributed by atoms with van der Waals surface area (Å²) in [4.78, 5) is 21.9. The van der Waals surface area contributed by atoms with Crippen molar-refractivity contribution in [3.8, 4) is 0 Å². The molecule has 2 N–H and O–H groups in total. The minimum absolute atomic E-state index is 0.0793. The molecular formula is C14H17NO3. The Morgan fingerprint density at radius 2 is 2.17 bits per heavy atom. The van der Waals surface area contributed by atoms with Crippen molar-refractivity contribution in [2.75, 3.05) is 0 Å². The third kappa shape index (κ3) is 5.30. The van der Waals surface area contributed by atoms with E-state index >= 15 is 0 Å². The van der Waals surface area contributed by atoms with Crippen LogP contribution >= 0.6 is 0 Å². The van der Waals surface area contributed by atoms with Gasteiger partial charge in [0.25, 0.3) is 0 Å². The van der Waals surface area contributed by atoms with E-state index in [0.717, 1.165) is 11.1 Å². The molecule has 96 valence electrons. The van der Waals surface area contributed by atoms with Crippen molar-refractivity contribution in [3.05, 3.63) is 41.5 Å². The number of rotatable bonds is 5. The van der Waals surface area contributed by atoms with Gasteiger partial charge in [-0.3, -0.25) is 9.59 Å². The monoisotopic (exact) mass is 247 g/mol. The SMILES string of the molecule is Cc1cccc(/C=C/C(=O)NC(C)CC(=O)O)c1. The minimum atomic E-state index is -0.925. The van der Waals surface area contributed by atoms with Crippen molar-refractivity contribution >= 4 is 18.0 Å². The van der Waals surface area contributed by atoms with Gasteiger partial charge >= 0.3 is 5.97 Å². The third-order valence-electron chi connectivity index (χ3n) is 2.34. The zero-order valence-corrected chi connectivity index (χ0v) is 10.5. The molecular weight excluding hydrogens is 230 g/mol. The number of aryl methyl sites for hydroxylation is 1. The average molecular weight is 247 g/mol. The molecule has 1 aromatic rings. The molecule has 0 aliphatic carbocycles. The number of hydrogen-bond acceptors (Lipinski definition) is 2. The van der Waals surface area contributed by atoms with Gasteiger partial charge in [-0.1, -0.05) is 29.8 Å². The summed E-state index contributed by atoms with van der Waals surface area (Å²) >= 11 is 0. The van der Waals surface area contributed by atoms with E-state index in [1.54, 1.807) is 13.0 Å². The highest BCUT2D eigenvalue weighted by molar-refractivity contribution is 5.92. The van der Waals surface area contributed by atoms with E-state index in [-0.39, 0.29) is 18.4 Å². The van der Waals surface area contributed by atoms with Crippen LogP contribution in [0.15, 0.2) is 30.3 Å². The van der Waals surface area contributed by atoms with Crippen LogP contribution in [0.5, 0.6) is 0 Å². The highest BCUT2D eigenvalue weighted by Crippen LogP contribution is 2.05. The maximum atomic E-state index is 11.5. The fourth-order valence-electron chi connectivity index (χ4n) is 1.55. The molecule has 4 nitrogen and oxygen atoms in total. The molecule has 0 aliphatic heterocycles. The van der Waals surface area contributed by atoms with Crippen LogP contribution in [-0.4, -0.2) is 23.0 Å². The Labute approximate surface area is 106 Å². The molecule has 0 saturated heterocycles. The second-order valence-corrected chi connectivity index (χ2v) is 4.25. The molecule has 0 saturated carbocycles. The van der Waals surface area contributed by atoms with Crippen molar-refractivity contribution in [1.29, 1.82) is 0 Å². The fraction of sp³-hybridized carbons (Fsp3) is 0.286. The Kier molecular flexibility index (Phi) is 5.11. The molecule has 0 radical (unpaired) electrons. The van der Waals surface area contributed by atoms with Gasteiger partial charge in [-0.25, -0.2) is 0 Å². The van der Waals surface area contributed by atoms with Gasteiger partial charge in [0.15, 0.2) is 0 Å². The first kappa shape index (κ1) is 14.0. The van der Waals surface area contributed by atoms with Crippen LogP contribution in [0, 0.1) is 6.92 Å². The number of carboxylic acid groups (broad SMARTS) is 1. The molecule has 0 aromatic heterocycles. The van der Waals surface area contributed by atoms with Crippen molar-refractivity contribution in [3.63, 3.8) is 0 Å². The van der Waals surface area contributed by atoms with Crippen molar-refractivity contribution in [1.82, 2.24) is 5.32 Å². The number of carbonyl (C=O) groups excluding carboxylic acids is 1. The summed E-state index contributed by atoms with van der Waals surface area (Å²) in [6.45, 7) is 3.64. The summed E-state index contributed by atoms with van der Waals surface area (Å²) in [7, 11) is 0. The minimum Gasteiger partial charge on any atom is -0.481 e. The number of hydrogen-bond donors (Lipinski definition) is 2. The molecule has 0 spiro atoms. The Morgan fingerprint density at radius 1 is 1.44 bits per heavy atom. The standard InChI is InChI=1S/C14H17NO3/c1-10-4-3-5-12(8-10)6-7-13(16)15-11(2)9-14(17)18/h3-8,11H,9H2,1-2H3,(H,15,16)(H,17,18)/b7-6+. The Balaban J connectivity index is 2.52. The third-order valence-corrected chi connectivity index (χ3v) is 2.34. The van der Waals surface area contributed by atoms with Gasteiger partial charge in [0.1, 0.15) is 0 Å². The fourth-order valence-corrected chi connectivity index (χ4v) is 1.55. The van der Waals surface area contributed by atoms with Crippen LogP contribution in [0.3, 0.4) is 0 Å². The van der Waals surface area contributed by atoms with E-state index < -0.39 is 5.97 Å². The van der Waals surface area contributed by atoms with E-state index in [2.05, 4.69) is 5.32 Å². The summed E-state index contributed by atoms with van der Waals surface area (Å²) in [5.41, 5.74) is 2.06. The number of amides is 1. The van der Waals surface area contributed by atoms with E-state index in [0.29, 0.717) is 0 Å². The van der Waals surface area contributed by atoms with Crippen LogP contribution < -0.4 is 5.32 Å². The maximum absolute atomic E-state index is 11.5. The largest absolute Gasteiger partial charge is 0.481 e. The average Bonchev–Trinajstić information content (AvgIpc) is 2.25. The highest BCUT2D eigenvalue weighted by Gasteiger charge is 2.08. The van der Waals surface area contributed by atoms with Crippen molar-refractivity contribution in [2.24, 2.45) is 0 Å². The zero-order chi connectivity index (χ0) is 13.5. The smallest absolute Gasteiger partial charge is 0.305 e. The lowest BCUT2D eigenvalue weighted by Gasteiger charge is -2.08. The molecule has 0 heterocycles. The van der Waals surface area contributed by atoms with E-state index in [1.165, 1.54) is 6.08 Å². The van der Waals surface area contributed by atoms with E-state index in [1.807, 2.05) is 31.2 Å². The summed E-state index contributed by atoms with van der Waals surface area (Å²) in [6.07, 6.45) is 3.03. The lowest BCUT2D eigenvalue weighted by molar-refractivity contribution is -0.137. The van der Waals surface area contributed by atoms with Gasteiger partial charge in [0.2, 0.25) is 5.91 Å². The normalized spacial score (nSPS) is 12.3. The lowest BCUT2D eigenvalue weighted by Crippen LogP contribution is -2.32. The highest BCUT2D eigenvalue weighted by atomic mass is 16.4. The summed E-state index contributed by atoms with van der Waals surface area (Å²) in [5, 5.41) is 11.2. The Hall–Kier alpha value is -2.10. The molecule has 0 aliphatic rings. The maximum Gasteiger partial charge on any atom is 0.305 e. The quantitative estimate of drug-likeness (QED) is 0.782. The first-order chi connectivity index (χ1) is 8.47. The van der Waals surface area contributed by atoms with Crippen molar-refractivity contribution < 1.29 is 14.7 Å². The first-order valence-electron chi connectivity index (χ1n) is 5.74. The van der Waals surface area contributed by atoms with Gasteiger partial charge in [0.05, 0.1) is 6.42 Å². The van der Waals surface area contributed by atoms with Gasteiger partial charge < -0.3 is 10.4 Å². The van der Waals surface area contributed by atoms with Crippen LogP contribution in [0.25, 0.3) is 6.08 Å².